The molecule has 0 aliphatic heterocycles. The fourth-order valence-corrected chi connectivity index (χ4v) is 3.31. The minimum Gasteiger partial charge on any atom is -0.508 e. The molecule has 0 spiro atoms. The molecule has 4 aromatic rings. The molecule has 0 aliphatic rings. The first kappa shape index (κ1) is 20.3. The predicted molar refractivity (Wildman–Crippen MR) is 120 cm³/mol. The second kappa shape index (κ2) is 8.79. The van der Waals surface area contributed by atoms with Gasteiger partial charge in [0.2, 0.25) is 0 Å². The van der Waals surface area contributed by atoms with E-state index < -0.39 is 0 Å². The summed E-state index contributed by atoms with van der Waals surface area (Å²) in [5.41, 5.74) is 1.83. The highest BCUT2D eigenvalue weighted by molar-refractivity contribution is 5.96. The molecule has 0 saturated heterocycles. The van der Waals surface area contributed by atoms with Crippen LogP contribution in [0.25, 0.3) is 21.9 Å². The molecule has 0 atom stereocenters. The molecule has 31 heavy (non-hydrogen) atoms. The Hall–Kier alpha value is -3.99. The van der Waals surface area contributed by atoms with Gasteiger partial charge in [-0.15, -0.1) is 0 Å². The van der Waals surface area contributed by atoms with Crippen molar-refractivity contribution in [2.24, 2.45) is 0 Å². The highest BCUT2D eigenvalue weighted by Gasteiger charge is 2.14. The van der Waals surface area contributed by atoms with Gasteiger partial charge >= 0.3 is 5.97 Å². The Morgan fingerprint density at radius 2 is 1.65 bits per heavy atom. The summed E-state index contributed by atoms with van der Waals surface area (Å²) in [5.74, 6) is 2.37. The van der Waals surface area contributed by atoms with Crippen molar-refractivity contribution < 1.29 is 24.1 Å². The maximum absolute atomic E-state index is 11.5. The van der Waals surface area contributed by atoms with Gasteiger partial charge < -0.3 is 19.3 Å². The lowest BCUT2D eigenvalue weighted by atomic mass is 9.99. The van der Waals surface area contributed by atoms with E-state index in [1.807, 2.05) is 42.5 Å². The summed E-state index contributed by atoms with van der Waals surface area (Å²) >= 11 is 0. The first-order chi connectivity index (χ1) is 15.1. The molecule has 0 bridgehead atoms. The number of phenolic OH excluding ortho intramolecular Hbond substituents is 1. The molecule has 0 aliphatic carbocycles. The van der Waals surface area contributed by atoms with Gasteiger partial charge in [0.05, 0.1) is 7.11 Å². The number of esters is 1. The third-order valence-electron chi connectivity index (χ3n) is 4.90. The summed E-state index contributed by atoms with van der Waals surface area (Å²) in [6.45, 7) is 1.75. The highest BCUT2D eigenvalue weighted by atomic mass is 16.5. The topological polar surface area (TPSA) is 65.0 Å². The molecule has 0 fully saturated rings. The number of carbonyl (C=O) groups excluding carboxylic acids is 1. The molecule has 156 valence electrons. The van der Waals surface area contributed by atoms with Crippen molar-refractivity contribution in [1.29, 1.82) is 0 Å². The molecule has 0 radical (unpaired) electrons. The molecular weight excluding hydrogens is 392 g/mol. The van der Waals surface area contributed by atoms with Crippen LogP contribution in [0.4, 0.5) is 0 Å². The molecule has 5 heteroatoms. The van der Waals surface area contributed by atoms with E-state index in [1.165, 1.54) is 0 Å². The summed E-state index contributed by atoms with van der Waals surface area (Å²) < 4.78 is 16.9. The zero-order valence-corrected chi connectivity index (χ0v) is 17.3. The molecule has 0 aromatic heterocycles. The quantitative estimate of drug-likeness (QED) is 0.295. The minimum atomic E-state index is -0.289. The van der Waals surface area contributed by atoms with E-state index in [0.717, 1.165) is 27.6 Å². The highest BCUT2D eigenvalue weighted by Crippen LogP contribution is 2.41. The Kier molecular flexibility index (Phi) is 5.76. The first-order valence-electron chi connectivity index (χ1n) is 9.96. The van der Waals surface area contributed by atoms with Crippen molar-refractivity contribution in [2.45, 2.75) is 13.3 Å². The maximum atomic E-state index is 11.5. The number of fused-ring (bicyclic) bond motifs is 1. The van der Waals surface area contributed by atoms with Crippen LogP contribution in [0.2, 0.25) is 0 Å². The maximum Gasteiger partial charge on any atom is 0.310 e. The smallest absolute Gasteiger partial charge is 0.310 e. The summed E-state index contributed by atoms with van der Waals surface area (Å²) in [6.07, 6.45) is 0.311. The van der Waals surface area contributed by atoms with Crippen LogP contribution in [0.3, 0.4) is 0 Å². The molecule has 0 saturated carbocycles. The second-order valence-electron chi connectivity index (χ2n) is 6.98. The van der Waals surface area contributed by atoms with E-state index in [9.17, 15) is 9.90 Å². The van der Waals surface area contributed by atoms with Gasteiger partial charge in [-0.25, -0.2) is 0 Å². The van der Waals surface area contributed by atoms with Gasteiger partial charge in [0, 0.05) is 17.4 Å². The number of benzene rings is 4. The zero-order valence-electron chi connectivity index (χ0n) is 17.3. The fraction of sp³-hybridized carbons (Fsp3) is 0.115. The molecule has 4 aromatic carbocycles. The van der Waals surface area contributed by atoms with Gasteiger partial charge in [-0.3, -0.25) is 4.79 Å². The van der Waals surface area contributed by atoms with Crippen LogP contribution in [-0.2, 0) is 4.79 Å². The molecular formula is C26H22O5. The third-order valence-corrected chi connectivity index (χ3v) is 4.90. The number of ether oxygens (including phenoxy) is 3. The van der Waals surface area contributed by atoms with Crippen molar-refractivity contribution >= 4 is 16.7 Å². The van der Waals surface area contributed by atoms with Crippen LogP contribution in [0.5, 0.6) is 28.7 Å². The largest absolute Gasteiger partial charge is 0.508 e. The average molecular weight is 414 g/mol. The van der Waals surface area contributed by atoms with Gasteiger partial charge in [-0.1, -0.05) is 25.1 Å². The predicted octanol–water partition coefficient (Wildman–Crippen LogP) is 6.33. The summed E-state index contributed by atoms with van der Waals surface area (Å²) in [4.78, 5) is 11.5. The van der Waals surface area contributed by atoms with Crippen molar-refractivity contribution in [1.82, 2.24) is 0 Å². The molecule has 0 amide bonds. The fourth-order valence-electron chi connectivity index (χ4n) is 3.31. The number of aromatic hydroxyl groups is 1. The van der Waals surface area contributed by atoms with Gasteiger partial charge in [-0.2, -0.15) is 0 Å². The van der Waals surface area contributed by atoms with Gasteiger partial charge in [0.15, 0.2) is 0 Å². The number of carbonyl (C=O) groups is 1. The summed E-state index contributed by atoms with van der Waals surface area (Å²) in [5, 5.41) is 11.6. The number of hydrogen-bond donors (Lipinski definition) is 1. The number of rotatable bonds is 6. The molecule has 0 unspecified atom stereocenters. The summed E-state index contributed by atoms with van der Waals surface area (Å²) in [6, 6.07) is 23.7. The summed E-state index contributed by atoms with van der Waals surface area (Å²) in [7, 11) is 1.63. The third kappa shape index (κ3) is 4.46. The van der Waals surface area contributed by atoms with E-state index in [1.54, 1.807) is 50.4 Å². The minimum absolute atomic E-state index is 0.190. The van der Waals surface area contributed by atoms with Crippen molar-refractivity contribution in [3.05, 3.63) is 78.9 Å². The Bertz CT molecular complexity index is 1230. The number of phenols is 1. The van der Waals surface area contributed by atoms with Crippen LogP contribution < -0.4 is 14.2 Å². The van der Waals surface area contributed by atoms with Crippen LogP contribution in [0.1, 0.15) is 13.3 Å². The second-order valence-corrected chi connectivity index (χ2v) is 6.98. The van der Waals surface area contributed by atoms with Crippen molar-refractivity contribution in [2.75, 3.05) is 7.11 Å². The first-order valence-corrected chi connectivity index (χ1v) is 9.96. The van der Waals surface area contributed by atoms with E-state index in [-0.39, 0.29) is 11.7 Å². The van der Waals surface area contributed by atoms with Crippen molar-refractivity contribution in [3.63, 3.8) is 0 Å². The van der Waals surface area contributed by atoms with Gasteiger partial charge in [0.25, 0.3) is 0 Å². The lowest BCUT2D eigenvalue weighted by Crippen LogP contribution is -2.05. The lowest BCUT2D eigenvalue weighted by molar-refractivity contribution is -0.134. The lowest BCUT2D eigenvalue weighted by Gasteiger charge is -2.16. The standard InChI is InChI=1S/C26H22O5/c1-3-25(28)30-20-9-11-21(12-10-20)31-26-23(17-5-4-6-22(16-17)29-2)13-7-18-15-19(27)8-14-24(18)26/h4-16,27H,3H2,1-2H3. The Morgan fingerprint density at radius 3 is 2.39 bits per heavy atom. The monoisotopic (exact) mass is 414 g/mol. The van der Waals surface area contributed by atoms with Gasteiger partial charge in [-0.05, 0) is 71.6 Å². The van der Waals surface area contributed by atoms with E-state index in [4.69, 9.17) is 14.2 Å². The van der Waals surface area contributed by atoms with Gasteiger partial charge in [0.1, 0.15) is 28.7 Å². The number of hydrogen-bond acceptors (Lipinski definition) is 5. The van der Waals surface area contributed by atoms with Crippen LogP contribution >= 0.6 is 0 Å². The van der Waals surface area contributed by atoms with E-state index >= 15 is 0 Å². The Morgan fingerprint density at radius 1 is 0.871 bits per heavy atom. The molecule has 4 rings (SSSR count). The van der Waals surface area contributed by atoms with Crippen LogP contribution in [-0.4, -0.2) is 18.2 Å². The number of methoxy groups -OCH3 is 1. The molecule has 1 N–H and O–H groups in total. The molecule has 0 heterocycles. The van der Waals surface area contributed by atoms with Crippen molar-refractivity contribution in [3.8, 4) is 39.9 Å². The van der Waals surface area contributed by atoms with E-state index in [2.05, 4.69) is 0 Å². The molecule has 5 nitrogen and oxygen atoms in total. The zero-order chi connectivity index (χ0) is 21.8. The van der Waals surface area contributed by atoms with Crippen LogP contribution in [0, 0.1) is 0 Å². The average Bonchev–Trinajstić information content (AvgIpc) is 2.80. The van der Waals surface area contributed by atoms with Crippen LogP contribution in [0.15, 0.2) is 78.9 Å². The SMILES string of the molecule is CCC(=O)Oc1ccc(Oc2c(-c3cccc(OC)c3)ccc3cc(O)ccc23)cc1. The van der Waals surface area contributed by atoms with E-state index in [0.29, 0.717) is 23.7 Å². The Labute approximate surface area is 180 Å². The Balaban J connectivity index is 1.78. The normalized spacial score (nSPS) is 10.6.